The molecule has 2 aromatic rings. The summed E-state index contributed by atoms with van der Waals surface area (Å²) in [6.45, 7) is 1.58. The number of nitrogens with zero attached hydrogens (tertiary/aromatic N) is 1. The summed E-state index contributed by atoms with van der Waals surface area (Å²) in [7, 11) is 0. The normalized spacial score (nSPS) is 11.4. The molecule has 0 heterocycles. The summed E-state index contributed by atoms with van der Waals surface area (Å²) in [6.07, 6.45) is -0.805. The van der Waals surface area contributed by atoms with E-state index in [1.807, 2.05) is 6.07 Å². The van der Waals surface area contributed by atoms with E-state index in [0.29, 0.717) is 16.3 Å². The molecule has 1 atom stereocenters. The van der Waals surface area contributed by atoms with Gasteiger partial charge in [0.2, 0.25) is 0 Å². The number of ether oxygens (including phenoxy) is 1. The van der Waals surface area contributed by atoms with Gasteiger partial charge < -0.3 is 10.1 Å². The first-order valence-electron chi connectivity index (χ1n) is 6.53. The third-order valence-electron chi connectivity index (χ3n) is 2.93. The maximum atomic E-state index is 12.1. The molecule has 4 nitrogen and oxygen atoms in total. The quantitative estimate of drug-likeness (QED) is 0.778. The van der Waals surface area contributed by atoms with Crippen LogP contribution in [0.3, 0.4) is 0 Å². The molecule has 23 heavy (non-hydrogen) atoms. The number of nitrogens with one attached hydrogen (secondary N) is 1. The summed E-state index contributed by atoms with van der Waals surface area (Å²) < 4.78 is 5.52. The van der Waals surface area contributed by atoms with Crippen LogP contribution in [0.2, 0.25) is 15.1 Å². The van der Waals surface area contributed by atoms with E-state index in [4.69, 9.17) is 44.8 Å². The number of hydrogen-bond acceptors (Lipinski definition) is 3. The molecule has 7 heteroatoms. The van der Waals surface area contributed by atoms with Gasteiger partial charge in [0.25, 0.3) is 5.91 Å². The van der Waals surface area contributed by atoms with E-state index in [-0.39, 0.29) is 21.7 Å². The molecule has 0 radical (unpaired) electrons. The molecular weight excluding hydrogens is 359 g/mol. The lowest BCUT2D eigenvalue weighted by atomic mass is 10.2. The highest BCUT2D eigenvalue weighted by atomic mass is 35.5. The molecule has 0 bridgehead atoms. The molecule has 0 saturated carbocycles. The minimum atomic E-state index is -0.805. The van der Waals surface area contributed by atoms with E-state index < -0.39 is 6.10 Å². The Morgan fingerprint density at radius 3 is 2.35 bits per heavy atom. The maximum absolute atomic E-state index is 12.1. The smallest absolute Gasteiger partial charge is 0.265 e. The predicted octanol–water partition coefficient (Wildman–Crippen LogP) is 4.92. The highest BCUT2D eigenvalue weighted by Gasteiger charge is 2.17. The van der Waals surface area contributed by atoms with Crippen molar-refractivity contribution in [3.05, 3.63) is 57.0 Å². The Morgan fingerprint density at radius 1 is 1.13 bits per heavy atom. The van der Waals surface area contributed by atoms with Gasteiger partial charge in [-0.1, -0.05) is 34.8 Å². The average molecular weight is 370 g/mol. The number of hydrogen-bond donors (Lipinski definition) is 1. The monoisotopic (exact) mass is 368 g/mol. The lowest BCUT2D eigenvalue weighted by Crippen LogP contribution is -2.30. The maximum Gasteiger partial charge on any atom is 0.265 e. The second-order valence-corrected chi connectivity index (χ2v) is 5.86. The van der Waals surface area contributed by atoms with Crippen molar-refractivity contribution < 1.29 is 9.53 Å². The molecular formula is C16H11Cl3N2O2. The second kappa shape index (κ2) is 7.56. The standard InChI is InChI=1S/C16H11Cl3N2O2/c1-9(23-15-7-13(18)12(17)6-14(15)19)16(22)21-11-4-2-10(8-20)3-5-11/h2-7,9H,1H3,(H,21,22)/t9-/m1/s1. The number of rotatable bonds is 4. The number of anilines is 1. The topological polar surface area (TPSA) is 62.1 Å². The van der Waals surface area contributed by atoms with Crippen molar-refractivity contribution in [3.63, 3.8) is 0 Å². The van der Waals surface area contributed by atoms with Crippen molar-refractivity contribution in [3.8, 4) is 11.8 Å². The molecule has 1 N–H and O–H groups in total. The van der Waals surface area contributed by atoms with Crippen LogP contribution < -0.4 is 10.1 Å². The second-order valence-electron chi connectivity index (χ2n) is 4.64. The predicted molar refractivity (Wildman–Crippen MR) is 91.3 cm³/mol. The molecule has 0 spiro atoms. The minimum absolute atomic E-state index is 0.262. The van der Waals surface area contributed by atoms with Crippen LogP contribution in [0.15, 0.2) is 36.4 Å². The van der Waals surface area contributed by atoms with Gasteiger partial charge in [0.05, 0.1) is 26.7 Å². The van der Waals surface area contributed by atoms with Crippen LogP contribution in [0.1, 0.15) is 12.5 Å². The zero-order chi connectivity index (χ0) is 17.0. The first-order valence-corrected chi connectivity index (χ1v) is 7.66. The van der Waals surface area contributed by atoms with Gasteiger partial charge in [0.15, 0.2) is 6.10 Å². The SMILES string of the molecule is C[C@@H](Oc1cc(Cl)c(Cl)cc1Cl)C(=O)Nc1ccc(C#N)cc1. The fourth-order valence-electron chi connectivity index (χ4n) is 1.71. The van der Waals surface area contributed by atoms with E-state index in [1.54, 1.807) is 31.2 Å². The van der Waals surface area contributed by atoms with E-state index in [9.17, 15) is 4.79 Å². The first-order chi connectivity index (χ1) is 10.9. The molecule has 0 aliphatic heterocycles. The third-order valence-corrected chi connectivity index (χ3v) is 3.95. The summed E-state index contributed by atoms with van der Waals surface area (Å²) in [5, 5.41) is 12.3. The number of carbonyl (C=O) groups excluding carboxylic acids is 1. The number of benzene rings is 2. The third kappa shape index (κ3) is 4.52. The molecule has 2 aromatic carbocycles. The highest BCUT2D eigenvalue weighted by Crippen LogP contribution is 2.34. The first kappa shape index (κ1) is 17.4. The minimum Gasteiger partial charge on any atom is -0.479 e. The van der Waals surface area contributed by atoms with Crippen molar-refractivity contribution >= 4 is 46.4 Å². The summed E-state index contributed by atoms with van der Waals surface area (Å²) in [4.78, 5) is 12.1. The van der Waals surface area contributed by atoms with Gasteiger partial charge >= 0.3 is 0 Å². The Labute approximate surface area is 148 Å². The molecule has 0 aliphatic rings. The van der Waals surface area contributed by atoms with Crippen LogP contribution in [0, 0.1) is 11.3 Å². The van der Waals surface area contributed by atoms with E-state index in [1.165, 1.54) is 12.1 Å². The van der Waals surface area contributed by atoms with Gasteiger partial charge in [0.1, 0.15) is 5.75 Å². The van der Waals surface area contributed by atoms with E-state index >= 15 is 0 Å². The van der Waals surface area contributed by atoms with Gasteiger partial charge in [-0.2, -0.15) is 5.26 Å². The largest absolute Gasteiger partial charge is 0.479 e. The van der Waals surface area contributed by atoms with E-state index in [0.717, 1.165) is 0 Å². The fraction of sp³-hybridized carbons (Fsp3) is 0.125. The summed E-state index contributed by atoms with van der Waals surface area (Å²) >= 11 is 17.8. The van der Waals surface area contributed by atoms with E-state index in [2.05, 4.69) is 5.32 Å². The zero-order valence-corrected chi connectivity index (χ0v) is 14.2. The number of amides is 1. The number of nitriles is 1. The van der Waals surface area contributed by atoms with Gasteiger partial charge in [-0.3, -0.25) is 4.79 Å². The van der Waals surface area contributed by atoms with Gasteiger partial charge in [-0.15, -0.1) is 0 Å². The summed E-state index contributed by atoms with van der Waals surface area (Å²) in [6, 6.07) is 11.4. The fourth-order valence-corrected chi connectivity index (χ4v) is 2.29. The zero-order valence-electron chi connectivity index (χ0n) is 11.9. The Kier molecular flexibility index (Phi) is 5.73. The van der Waals surface area contributed by atoms with Crippen LogP contribution in [0.4, 0.5) is 5.69 Å². The Hall–Kier alpha value is -1.93. The van der Waals surface area contributed by atoms with Crippen molar-refractivity contribution in [2.75, 3.05) is 5.32 Å². The molecule has 0 aromatic heterocycles. The lowest BCUT2D eigenvalue weighted by molar-refractivity contribution is -0.122. The number of carbonyl (C=O) groups is 1. The van der Waals surface area contributed by atoms with Gasteiger partial charge in [-0.25, -0.2) is 0 Å². The molecule has 2 rings (SSSR count). The summed E-state index contributed by atoms with van der Waals surface area (Å²) in [5.74, 6) is -0.0969. The van der Waals surface area contributed by atoms with Crippen LogP contribution in [0.5, 0.6) is 5.75 Å². The molecule has 0 fully saturated rings. The van der Waals surface area contributed by atoms with Crippen LogP contribution >= 0.6 is 34.8 Å². The Morgan fingerprint density at radius 2 is 1.74 bits per heavy atom. The summed E-state index contributed by atoms with van der Waals surface area (Å²) in [5.41, 5.74) is 1.07. The number of halogens is 3. The molecule has 0 unspecified atom stereocenters. The van der Waals surface area contributed by atoms with Crippen molar-refractivity contribution in [1.29, 1.82) is 5.26 Å². The van der Waals surface area contributed by atoms with Crippen molar-refractivity contribution in [1.82, 2.24) is 0 Å². The van der Waals surface area contributed by atoms with Gasteiger partial charge in [-0.05, 0) is 37.3 Å². The van der Waals surface area contributed by atoms with Gasteiger partial charge in [0, 0.05) is 11.8 Å². The van der Waals surface area contributed by atoms with Crippen LogP contribution in [0.25, 0.3) is 0 Å². The molecule has 1 amide bonds. The van der Waals surface area contributed by atoms with Crippen molar-refractivity contribution in [2.24, 2.45) is 0 Å². The Balaban J connectivity index is 2.05. The Bertz CT molecular complexity index is 770. The lowest BCUT2D eigenvalue weighted by Gasteiger charge is -2.16. The molecule has 0 aliphatic carbocycles. The van der Waals surface area contributed by atoms with Crippen molar-refractivity contribution in [2.45, 2.75) is 13.0 Å². The van der Waals surface area contributed by atoms with Crippen LogP contribution in [-0.4, -0.2) is 12.0 Å². The highest BCUT2D eigenvalue weighted by molar-refractivity contribution is 6.43. The average Bonchev–Trinajstić information content (AvgIpc) is 2.53. The van der Waals surface area contributed by atoms with Crippen LogP contribution in [-0.2, 0) is 4.79 Å². The molecule has 0 saturated heterocycles. The molecule has 118 valence electrons.